The van der Waals surface area contributed by atoms with Crippen molar-refractivity contribution in [2.24, 2.45) is 5.73 Å². The fourth-order valence-electron chi connectivity index (χ4n) is 3.25. The number of anilines is 1. The van der Waals surface area contributed by atoms with Crippen molar-refractivity contribution in [1.29, 1.82) is 5.26 Å². The first-order valence-corrected chi connectivity index (χ1v) is 9.17. The fraction of sp³-hybridized carbons (Fsp3) is 0.286. The van der Waals surface area contributed by atoms with E-state index >= 15 is 0 Å². The average molecular weight is 377 g/mol. The third-order valence-corrected chi connectivity index (χ3v) is 4.79. The summed E-state index contributed by atoms with van der Waals surface area (Å²) in [6, 6.07) is 16.5. The largest absolute Gasteiger partial charge is 0.366 e. The zero-order valence-electron chi connectivity index (χ0n) is 15.6. The van der Waals surface area contributed by atoms with Crippen LogP contribution >= 0.6 is 0 Å². The predicted octanol–water partition coefficient (Wildman–Crippen LogP) is 1.41. The second-order valence-electron chi connectivity index (χ2n) is 6.82. The maximum atomic E-state index is 12.3. The number of para-hydroxylation sites is 1. The lowest BCUT2D eigenvalue weighted by Gasteiger charge is -2.34. The van der Waals surface area contributed by atoms with Gasteiger partial charge in [-0.3, -0.25) is 19.4 Å². The molecule has 2 amide bonds. The Kier molecular flexibility index (Phi) is 6.37. The van der Waals surface area contributed by atoms with Gasteiger partial charge in [0, 0.05) is 32.7 Å². The number of nitrogens with zero attached hydrogens (tertiary/aromatic N) is 3. The summed E-state index contributed by atoms with van der Waals surface area (Å²) in [7, 11) is 0. The van der Waals surface area contributed by atoms with E-state index in [9.17, 15) is 9.59 Å². The van der Waals surface area contributed by atoms with Crippen molar-refractivity contribution < 1.29 is 9.59 Å². The summed E-state index contributed by atoms with van der Waals surface area (Å²) in [6.07, 6.45) is 0. The maximum absolute atomic E-state index is 12.3. The number of hydrogen-bond donors (Lipinski definition) is 2. The van der Waals surface area contributed by atoms with Gasteiger partial charge in [0.15, 0.2) is 0 Å². The van der Waals surface area contributed by atoms with Crippen LogP contribution in [0.15, 0.2) is 48.5 Å². The molecule has 1 aliphatic rings. The minimum atomic E-state index is -0.563. The van der Waals surface area contributed by atoms with Crippen LogP contribution in [-0.2, 0) is 11.3 Å². The summed E-state index contributed by atoms with van der Waals surface area (Å²) < 4.78 is 0. The van der Waals surface area contributed by atoms with Gasteiger partial charge in [-0.1, -0.05) is 24.3 Å². The number of benzene rings is 2. The van der Waals surface area contributed by atoms with Gasteiger partial charge in [0.25, 0.3) is 5.91 Å². The van der Waals surface area contributed by atoms with E-state index in [1.807, 2.05) is 24.3 Å². The molecule has 7 nitrogen and oxygen atoms in total. The molecule has 1 heterocycles. The molecule has 1 aliphatic heterocycles. The second-order valence-corrected chi connectivity index (χ2v) is 6.82. The molecule has 0 bridgehead atoms. The summed E-state index contributed by atoms with van der Waals surface area (Å²) in [5, 5.41) is 11.6. The van der Waals surface area contributed by atoms with Crippen molar-refractivity contribution in [3.63, 3.8) is 0 Å². The monoisotopic (exact) mass is 377 g/mol. The maximum Gasteiger partial charge on any atom is 0.250 e. The van der Waals surface area contributed by atoms with Gasteiger partial charge in [0.05, 0.1) is 29.4 Å². The van der Waals surface area contributed by atoms with Crippen LogP contribution in [0.4, 0.5) is 5.69 Å². The van der Waals surface area contributed by atoms with Crippen LogP contribution in [0.2, 0.25) is 0 Å². The lowest BCUT2D eigenvalue weighted by Crippen LogP contribution is -2.48. The number of rotatable bonds is 6. The molecule has 0 aromatic heterocycles. The van der Waals surface area contributed by atoms with E-state index in [1.54, 1.807) is 24.3 Å². The predicted molar refractivity (Wildman–Crippen MR) is 106 cm³/mol. The van der Waals surface area contributed by atoms with Gasteiger partial charge in [-0.05, 0) is 29.8 Å². The number of carbonyl (C=O) groups is 2. The van der Waals surface area contributed by atoms with Crippen LogP contribution < -0.4 is 11.1 Å². The molecule has 1 saturated heterocycles. The molecular weight excluding hydrogens is 354 g/mol. The molecule has 28 heavy (non-hydrogen) atoms. The Morgan fingerprint density at radius 3 is 2.29 bits per heavy atom. The molecule has 2 aromatic carbocycles. The fourth-order valence-corrected chi connectivity index (χ4v) is 3.25. The number of nitriles is 1. The Labute approximate surface area is 164 Å². The van der Waals surface area contributed by atoms with Gasteiger partial charge >= 0.3 is 0 Å². The number of piperazine rings is 1. The quantitative estimate of drug-likeness (QED) is 0.792. The average Bonchev–Trinajstić information content (AvgIpc) is 2.70. The van der Waals surface area contributed by atoms with Gasteiger partial charge < -0.3 is 11.1 Å². The highest BCUT2D eigenvalue weighted by molar-refractivity contribution is 6.03. The number of nitrogens with two attached hydrogens (primary N) is 1. The molecule has 0 atom stereocenters. The van der Waals surface area contributed by atoms with Crippen LogP contribution in [0.1, 0.15) is 21.5 Å². The first-order valence-electron chi connectivity index (χ1n) is 9.17. The first kappa shape index (κ1) is 19.5. The van der Waals surface area contributed by atoms with E-state index in [1.165, 1.54) is 5.56 Å². The number of amides is 2. The van der Waals surface area contributed by atoms with Crippen molar-refractivity contribution in [2.75, 3.05) is 38.0 Å². The molecular formula is C21H23N5O2. The molecule has 0 spiro atoms. The SMILES string of the molecule is N#Cc1ccc(CN2CCN(CC(=O)Nc3ccccc3C(N)=O)CC2)cc1. The second kappa shape index (κ2) is 9.13. The van der Waals surface area contributed by atoms with Gasteiger partial charge in [-0.2, -0.15) is 5.26 Å². The summed E-state index contributed by atoms with van der Waals surface area (Å²) in [5.41, 5.74) is 7.94. The number of hydrogen-bond acceptors (Lipinski definition) is 5. The first-order chi connectivity index (χ1) is 13.5. The van der Waals surface area contributed by atoms with Crippen molar-refractivity contribution in [2.45, 2.75) is 6.54 Å². The summed E-state index contributed by atoms with van der Waals surface area (Å²) in [4.78, 5) is 28.2. The van der Waals surface area contributed by atoms with E-state index in [4.69, 9.17) is 11.0 Å². The van der Waals surface area contributed by atoms with E-state index in [0.29, 0.717) is 16.8 Å². The molecule has 144 valence electrons. The van der Waals surface area contributed by atoms with Gasteiger partial charge in [-0.15, -0.1) is 0 Å². The standard InChI is InChI=1S/C21H23N5O2/c22-13-16-5-7-17(8-6-16)14-25-9-11-26(12-10-25)15-20(27)24-19-4-2-1-3-18(19)21(23)28/h1-8H,9-12,14-15H2,(H2,23,28)(H,24,27). The Bertz CT molecular complexity index is 880. The van der Waals surface area contributed by atoms with E-state index in [2.05, 4.69) is 21.2 Å². The lowest BCUT2D eigenvalue weighted by molar-refractivity contribution is -0.117. The highest BCUT2D eigenvalue weighted by Crippen LogP contribution is 2.15. The highest BCUT2D eigenvalue weighted by atomic mass is 16.2. The molecule has 3 rings (SSSR count). The van der Waals surface area contributed by atoms with E-state index < -0.39 is 5.91 Å². The lowest BCUT2D eigenvalue weighted by atomic mass is 10.1. The molecule has 1 fully saturated rings. The Morgan fingerprint density at radius 2 is 1.64 bits per heavy atom. The van der Waals surface area contributed by atoms with Gasteiger partial charge in [-0.25, -0.2) is 0 Å². The molecule has 0 aliphatic carbocycles. The minimum absolute atomic E-state index is 0.158. The molecule has 0 radical (unpaired) electrons. The zero-order chi connectivity index (χ0) is 19.9. The number of carbonyl (C=O) groups excluding carboxylic acids is 2. The molecule has 7 heteroatoms. The zero-order valence-corrected chi connectivity index (χ0v) is 15.6. The molecule has 0 saturated carbocycles. The van der Waals surface area contributed by atoms with Crippen LogP contribution in [0, 0.1) is 11.3 Å². The Balaban J connectivity index is 1.47. The van der Waals surface area contributed by atoms with Gasteiger partial charge in [0.2, 0.25) is 5.91 Å². The van der Waals surface area contributed by atoms with Crippen molar-refractivity contribution in [1.82, 2.24) is 9.80 Å². The summed E-state index contributed by atoms with van der Waals surface area (Å²) >= 11 is 0. The summed E-state index contributed by atoms with van der Waals surface area (Å²) in [6.45, 7) is 4.42. The molecule has 3 N–H and O–H groups in total. The normalized spacial score (nSPS) is 15.0. The Hall–Kier alpha value is -3.21. The van der Waals surface area contributed by atoms with Crippen LogP contribution in [-0.4, -0.2) is 54.3 Å². The van der Waals surface area contributed by atoms with Crippen LogP contribution in [0.5, 0.6) is 0 Å². The van der Waals surface area contributed by atoms with E-state index in [-0.39, 0.29) is 12.5 Å². The number of primary amides is 1. The third-order valence-electron chi connectivity index (χ3n) is 4.79. The molecule has 0 unspecified atom stereocenters. The van der Waals surface area contributed by atoms with Crippen molar-refractivity contribution in [3.8, 4) is 6.07 Å². The highest BCUT2D eigenvalue weighted by Gasteiger charge is 2.20. The Morgan fingerprint density at radius 1 is 1.00 bits per heavy atom. The smallest absolute Gasteiger partial charge is 0.250 e. The van der Waals surface area contributed by atoms with Crippen LogP contribution in [0.25, 0.3) is 0 Å². The van der Waals surface area contributed by atoms with E-state index in [0.717, 1.165) is 32.7 Å². The summed E-state index contributed by atoms with van der Waals surface area (Å²) in [5.74, 6) is -0.721. The third kappa shape index (κ3) is 5.16. The van der Waals surface area contributed by atoms with Crippen molar-refractivity contribution >= 4 is 17.5 Å². The molecule has 2 aromatic rings. The topological polar surface area (TPSA) is 102 Å². The number of nitrogens with one attached hydrogen (secondary N) is 1. The van der Waals surface area contributed by atoms with Gasteiger partial charge in [0.1, 0.15) is 0 Å². The van der Waals surface area contributed by atoms with Crippen LogP contribution in [0.3, 0.4) is 0 Å². The minimum Gasteiger partial charge on any atom is -0.366 e. The van der Waals surface area contributed by atoms with Crippen molar-refractivity contribution in [3.05, 3.63) is 65.2 Å².